The lowest BCUT2D eigenvalue weighted by Crippen LogP contribution is -2.57. The van der Waals surface area contributed by atoms with Gasteiger partial charge in [-0.2, -0.15) is 4.90 Å². The fraction of sp³-hybridized carbons (Fsp3) is 0.214. The maximum atomic E-state index is 12.5. The van der Waals surface area contributed by atoms with E-state index in [1.807, 2.05) is 0 Å². The van der Waals surface area contributed by atoms with Crippen LogP contribution in [0.4, 0.5) is 10.5 Å². The maximum absolute atomic E-state index is 12.5. The number of likely N-dealkylation sites (tertiary alicyclic amines) is 1. The van der Waals surface area contributed by atoms with Crippen LogP contribution in [0, 0.1) is 0 Å². The molecule has 2 aliphatic heterocycles. The Hall–Kier alpha value is -3.23. The average molecular weight is 317 g/mol. The van der Waals surface area contributed by atoms with E-state index in [1.165, 1.54) is 18.2 Å². The number of hydrogen-bond acceptors (Lipinski definition) is 6. The quantitative estimate of drug-likeness (QED) is 0.551. The van der Waals surface area contributed by atoms with Gasteiger partial charge in [-0.05, 0) is 18.6 Å². The Bertz CT molecular complexity index is 787. The SMILES string of the molecule is Nc1cccc2c1C(=O)N(C1CCC(=O)N(C(=O)O)C1=O)C2=O. The van der Waals surface area contributed by atoms with Crippen molar-refractivity contribution in [3.05, 3.63) is 29.3 Å². The number of benzene rings is 1. The number of anilines is 1. The van der Waals surface area contributed by atoms with Crippen LogP contribution in [0.15, 0.2) is 18.2 Å². The Kier molecular flexibility index (Phi) is 3.13. The highest BCUT2D eigenvalue weighted by Gasteiger charge is 2.49. The van der Waals surface area contributed by atoms with Gasteiger partial charge in [0.25, 0.3) is 17.7 Å². The molecule has 1 unspecified atom stereocenters. The molecule has 0 spiro atoms. The molecule has 9 heteroatoms. The zero-order valence-electron chi connectivity index (χ0n) is 11.7. The first kappa shape index (κ1) is 14.7. The van der Waals surface area contributed by atoms with Crippen molar-refractivity contribution in [2.75, 3.05) is 5.73 Å². The molecule has 118 valence electrons. The van der Waals surface area contributed by atoms with Crippen LogP contribution in [0.1, 0.15) is 33.6 Å². The Labute approximate surface area is 129 Å². The lowest BCUT2D eigenvalue weighted by molar-refractivity contribution is -0.148. The molecule has 3 N–H and O–H groups in total. The van der Waals surface area contributed by atoms with Crippen molar-refractivity contribution in [1.82, 2.24) is 9.80 Å². The summed E-state index contributed by atoms with van der Waals surface area (Å²) in [7, 11) is 0. The van der Waals surface area contributed by atoms with Crippen LogP contribution < -0.4 is 5.73 Å². The van der Waals surface area contributed by atoms with Gasteiger partial charge < -0.3 is 10.8 Å². The summed E-state index contributed by atoms with van der Waals surface area (Å²) in [5.74, 6) is -3.48. The van der Waals surface area contributed by atoms with Crippen molar-refractivity contribution < 1.29 is 29.1 Å². The molecular formula is C14H11N3O6. The van der Waals surface area contributed by atoms with Crippen LogP contribution in [-0.2, 0) is 9.59 Å². The molecular weight excluding hydrogens is 306 g/mol. The van der Waals surface area contributed by atoms with Crippen LogP contribution >= 0.6 is 0 Å². The summed E-state index contributed by atoms with van der Waals surface area (Å²) < 4.78 is 0. The summed E-state index contributed by atoms with van der Waals surface area (Å²) in [5, 5.41) is 8.97. The minimum atomic E-state index is -1.74. The molecule has 1 aromatic rings. The van der Waals surface area contributed by atoms with Crippen molar-refractivity contribution in [2.45, 2.75) is 18.9 Å². The predicted molar refractivity (Wildman–Crippen MR) is 74.3 cm³/mol. The van der Waals surface area contributed by atoms with E-state index in [1.54, 1.807) is 0 Å². The number of nitrogen functional groups attached to an aromatic ring is 1. The third-order valence-corrected chi connectivity index (χ3v) is 3.87. The Morgan fingerprint density at radius 3 is 2.48 bits per heavy atom. The molecule has 1 fully saturated rings. The highest BCUT2D eigenvalue weighted by Crippen LogP contribution is 2.31. The molecule has 23 heavy (non-hydrogen) atoms. The molecule has 5 amide bonds. The van der Waals surface area contributed by atoms with E-state index in [9.17, 15) is 24.0 Å². The number of piperidine rings is 1. The average Bonchev–Trinajstić information content (AvgIpc) is 2.73. The summed E-state index contributed by atoms with van der Waals surface area (Å²) in [5.41, 5.74) is 5.85. The second-order valence-electron chi connectivity index (χ2n) is 5.15. The van der Waals surface area contributed by atoms with Gasteiger partial charge in [0, 0.05) is 12.1 Å². The third kappa shape index (κ3) is 1.97. The van der Waals surface area contributed by atoms with E-state index in [0.717, 1.165) is 0 Å². The van der Waals surface area contributed by atoms with Gasteiger partial charge in [-0.3, -0.25) is 24.1 Å². The molecule has 0 aromatic heterocycles. The monoisotopic (exact) mass is 317 g/mol. The summed E-state index contributed by atoms with van der Waals surface area (Å²) >= 11 is 0. The number of imide groups is 4. The van der Waals surface area contributed by atoms with Gasteiger partial charge in [-0.15, -0.1) is 0 Å². The third-order valence-electron chi connectivity index (χ3n) is 3.87. The van der Waals surface area contributed by atoms with E-state index in [4.69, 9.17) is 10.8 Å². The molecule has 0 aliphatic carbocycles. The first-order valence-electron chi connectivity index (χ1n) is 6.70. The summed E-state index contributed by atoms with van der Waals surface area (Å²) in [4.78, 5) is 60.4. The molecule has 0 saturated carbocycles. The molecule has 2 heterocycles. The number of amides is 5. The molecule has 3 rings (SSSR count). The standard InChI is InChI=1S/C14H11N3O6/c15-7-3-1-2-6-10(7)13(21)16(11(6)19)8-4-5-9(18)17(12(8)20)14(22)23/h1-3,8H,4-5,15H2,(H,22,23). The van der Waals surface area contributed by atoms with Crippen LogP contribution in [0.3, 0.4) is 0 Å². The molecule has 1 aromatic carbocycles. The summed E-state index contributed by atoms with van der Waals surface area (Å²) in [6.45, 7) is 0. The lowest BCUT2D eigenvalue weighted by Gasteiger charge is -2.31. The first-order chi connectivity index (χ1) is 10.8. The number of nitrogens with zero attached hydrogens (tertiary/aromatic N) is 2. The van der Waals surface area contributed by atoms with Gasteiger partial charge in [-0.25, -0.2) is 4.79 Å². The highest BCUT2D eigenvalue weighted by atomic mass is 16.4. The van der Waals surface area contributed by atoms with E-state index in [-0.39, 0.29) is 34.6 Å². The van der Waals surface area contributed by atoms with E-state index in [2.05, 4.69) is 0 Å². The Balaban J connectivity index is 2.01. The van der Waals surface area contributed by atoms with Gasteiger partial charge in [-0.1, -0.05) is 6.07 Å². The molecule has 0 radical (unpaired) electrons. The van der Waals surface area contributed by atoms with Crippen LogP contribution in [-0.4, -0.2) is 50.7 Å². The predicted octanol–water partition coefficient (Wildman–Crippen LogP) is 0.0604. The summed E-state index contributed by atoms with van der Waals surface area (Å²) in [6.07, 6.45) is -2.11. The fourth-order valence-electron chi connectivity index (χ4n) is 2.82. The number of rotatable bonds is 1. The van der Waals surface area contributed by atoms with Gasteiger partial charge in [0.15, 0.2) is 0 Å². The number of carboxylic acid groups (broad SMARTS) is 1. The van der Waals surface area contributed by atoms with Gasteiger partial charge in [0.1, 0.15) is 6.04 Å². The van der Waals surface area contributed by atoms with Gasteiger partial charge >= 0.3 is 6.09 Å². The van der Waals surface area contributed by atoms with Crippen LogP contribution in [0.2, 0.25) is 0 Å². The van der Waals surface area contributed by atoms with E-state index < -0.39 is 35.8 Å². The number of hydrogen-bond donors (Lipinski definition) is 2. The maximum Gasteiger partial charge on any atom is 0.421 e. The Morgan fingerprint density at radius 2 is 1.87 bits per heavy atom. The number of fused-ring (bicyclic) bond motifs is 1. The lowest BCUT2D eigenvalue weighted by atomic mass is 10.0. The Morgan fingerprint density at radius 1 is 1.17 bits per heavy atom. The van der Waals surface area contributed by atoms with Crippen LogP contribution in [0.25, 0.3) is 0 Å². The first-order valence-corrected chi connectivity index (χ1v) is 6.70. The van der Waals surface area contributed by atoms with Gasteiger partial charge in [0.05, 0.1) is 11.1 Å². The topological polar surface area (TPSA) is 138 Å². The minimum absolute atomic E-state index is 0.0101. The molecule has 0 bridgehead atoms. The number of nitrogens with two attached hydrogens (primary N) is 1. The van der Waals surface area contributed by atoms with Crippen molar-refractivity contribution in [3.8, 4) is 0 Å². The molecule has 9 nitrogen and oxygen atoms in total. The zero-order chi connectivity index (χ0) is 16.9. The highest BCUT2D eigenvalue weighted by molar-refractivity contribution is 6.26. The van der Waals surface area contributed by atoms with Crippen molar-refractivity contribution in [1.29, 1.82) is 0 Å². The van der Waals surface area contributed by atoms with Crippen LogP contribution in [0.5, 0.6) is 0 Å². The largest absolute Gasteiger partial charge is 0.464 e. The zero-order valence-corrected chi connectivity index (χ0v) is 11.7. The second kappa shape index (κ2) is 4.90. The molecule has 2 aliphatic rings. The second-order valence-corrected chi connectivity index (χ2v) is 5.15. The van der Waals surface area contributed by atoms with E-state index in [0.29, 0.717) is 4.90 Å². The van der Waals surface area contributed by atoms with Crippen molar-refractivity contribution in [3.63, 3.8) is 0 Å². The van der Waals surface area contributed by atoms with Gasteiger partial charge in [0.2, 0.25) is 5.91 Å². The van der Waals surface area contributed by atoms with Crippen molar-refractivity contribution >= 4 is 35.4 Å². The normalized spacial score (nSPS) is 21.0. The number of carbonyl (C=O) groups is 5. The fourth-order valence-corrected chi connectivity index (χ4v) is 2.82. The molecule has 1 saturated heterocycles. The smallest absolute Gasteiger partial charge is 0.421 e. The minimum Gasteiger partial charge on any atom is -0.464 e. The molecule has 1 atom stereocenters. The van der Waals surface area contributed by atoms with Crippen molar-refractivity contribution in [2.24, 2.45) is 0 Å². The summed E-state index contributed by atoms with van der Waals surface area (Å²) in [6, 6.07) is 3.01. The number of carbonyl (C=O) groups excluding carboxylic acids is 4. The van der Waals surface area contributed by atoms with E-state index >= 15 is 0 Å².